The van der Waals surface area contributed by atoms with Crippen LogP contribution >= 0.6 is 11.3 Å². The predicted octanol–water partition coefficient (Wildman–Crippen LogP) is 2.46. The molecule has 3 N–H and O–H groups in total. The fourth-order valence-corrected chi connectivity index (χ4v) is 3.57. The lowest BCUT2D eigenvalue weighted by atomic mass is 10.1. The number of amides is 2. The van der Waals surface area contributed by atoms with Crippen LogP contribution in [0.25, 0.3) is 11.3 Å². The second kappa shape index (κ2) is 6.48. The van der Waals surface area contributed by atoms with Crippen LogP contribution in [0, 0.1) is 0 Å². The van der Waals surface area contributed by atoms with Crippen LogP contribution in [0.2, 0.25) is 0 Å². The number of nitrogens with zero attached hydrogens (tertiary/aromatic N) is 2. The molecule has 126 valence electrons. The number of carbonyl (C=O) groups excluding carboxylic acids is 2. The van der Waals surface area contributed by atoms with Crippen molar-refractivity contribution in [1.82, 2.24) is 20.5 Å². The number of nitrogens with one attached hydrogen (secondary N) is 3. The number of anilines is 1. The van der Waals surface area contributed by atoms with Crippen molar-refractivity contribution in [3.63, 3.8) is 0 Å². The molecule has 3 heterocycles. The predicted molar refractivity (Wildman–Crippen MR) is 94.7 cm³/mol. The molecular formula is C17H15N5O2S. The number of hydrogen-bond donors (Lipinski definition) is 3. The van der Waals surface area contributed by atoms with Crippen LogP contribution in [-0.4, -0.2) is 33.5 Å². The van der Waals surface area contributed by atoms with Crippen molar-refractivity contribution in [2.24, 2.45) is 0 Å². The van der Waals surface area contributed by atoms with E-state index in [1.165, 1.54) is 11.3 Å². The molecule has 7 nitrogen and oxygen atoms in total. The Kier molecular flexibility index (Phi) is 4.02. The van der Waals surface area contributed by atoms with Gasteiger partial charge in [0.15, 0.2) is 5.13 Å². The summed E-state index contributed by atoms with van der Waals surface area (Å²) in [7, 11) is 0. The number of fused-ring (bicyclic) bond motifs is 1. The Morgan fingerprint density at radius 1 is 1.24 bits per heavy atom. The van der Waals surface area contributed by atoms with E-state index in [-0.39, 0.29) is 11.8 Å². The summed E-state index contributed by atoms with van der Waals surface area (Å²) in [6.07, 6.45) is 1.57. The zero-order valence-electron chi connectivity index (χ0n) is 13.2. The quantitative estimate of drug-likeness (QED) is 0.673. The van der Waals surface area contributed by atoms with Gasteiger partial charge in [-0.1, -0.05) is 41.7 Å². The summed E-state index contributed by atoms with van der Waals surface area (Å²) in [5.41, 5.74) is 2.70. The van der Waals surface area contributed by atoms with Gasteiger partial charge in [0.05, 0.1) is 11.4 Å². The smallest absolute Gasteiger partial charge is 0.275 e. The van der Waals surface area contributed by atoms with Crippen LogP contribution in [0.4, 0.5) is 5.13 Å². The molecule has 0 bridgehead atoms. The van der Waals surface area contributed by atoms with Gasteiger partial charge in [-0.3, -0.25) is 20.0 Å². The number of aromatic amines is 1. The molecule has 2 aromatic heterocycles. The first-order chi connectivity index (χ1) is 12.2. The molecule has 0 radical (unpaired) electrons. The van der Waals surface area contributed by atoms with Gasteiger partial charge in [-0.25, -0.2) is 4.98 Å². The van der Waals surface area contributed by atoms with Crippen LogP contribution < -0.4 is 10.6 Å². The molecule has 0 fully saturated rings. The van der Waals surface area contributed by atoms with Gasteiger partial charge in [0.25, 0.3) is 11.8 Å². The molecule has 0 saturated carbocycles. The second-order valence-corrected chi connectivity index (χ2v) is 6.64. The molecule has 0 saturated heterocycles. The Labute approximate surface area is 147 Å². The maximum absolute atomic E-state index is 12.4. The molecule has 4 rings (SSSR count). The zero-order chi connectivity index (χ0) is 17.2. The van der Waals surface area contributed by atoms with Crippen molar-refractivity contribution in [1.29, 1.82) is 0 Å². The molecule has 1 aliphatic heterocycles. The number of carbonyl (C=O) groups is 2. The summed E-state index contributed by atoms with van der Waals surface area (Å²) < 4.78 is 0. The van der Waals surface area contributed by atoms with E-state index in [0.29, 0.717) is 27.9 Å². The Hall–Kier alpha value is -3.00. The molecule has 25 heavy (non-hydrogen) atoms. The van der Waals surface area contributed by atoms with Crippen molar-refractivity contribution < 1.29 is 9.59 Å². The molecule has 2 amide bonds. The van der Waals surface area contributed by atoms with E-state index in [0.717, 1.165) is 24.1 Å². The molecule has 1 aliphatic rings. The number of rotatable bonds is 3. The highest BCUT2D eigenvalue weighted by molar-refractivity contribution is 7.17. The van der Waals surface area contributed by atoms with Gasteiger partial charge in [-0.05, 0) is 18.9 Å². The van der Waals surface area contributed by atoms with Gasteiger partial charge in [0, 0.05) is 12.1 Å². The molecule has 1 aromatic carbocycles. The molecule has 0 spiro atoms. The number of aromatic nitrogens is 3. The molecular weight excluding hydrogens is 338 g/mol. The van der Waals surface area contributed by atoms with E-state index in [4.69, 9.17) is 0 Å². The summed E-state index contributed by atoms with van der Waals surface area (Å²) in [6, 6.07) is 11.3. The Morgan fingerprint density at radius 3 is 2.92 bits per heavy atom. The topological polar surface area (TPSA) is 99.8 Å². The normalized spacial score (nSPS) is 13.7. The van der Waals surface area contributed by atoms with E-state index >= 15 is 0 Å². The lowest BCUT2D eigenvalue weighted by Crippen LogP contribution is -2.21. The minimum absolute atomic E-state index is 0.126. The van der Waals surface area contributed by atoms with Gasteiger partial charge in [-0.2, -0.15) is 5.10 Å². The third-order valence-corrected chi connectivity index (χ3v) is 4.90. The van der Waals surface area contributed by atoms with E-state index in [1.807, 2.05) is 30.3 Å². The fraction of sp³-hybridized carbons (Fsp3) is 0.176. The van der Waals surface area contributed by atoms with E-state index < -0.39 is 0 Å². The molecule has 0 unspecified atom stereocenters. The van der Waals surface area contributed by atoms with Crippen LogP contribution in [0.3, 0.4) is 0 Å². The molecule has 0 aliphatic carbocycles. The van der Waals surface area contributed by atoms with E-state index in [2.05, 4.69) is 25.8 Å². The summed E-state index contributed by atoms with van der Waals surface area (Å²) in [4.78, 5) is 29.3. The first kappa shape index (κ1) is 15.5. The van der Waals surface area contributed by atoms with Crippen molar-refractivity contribution in [3.05, 3.63) is 52.7 Å². The third kappa shape index (κ3) is 3.16. The average Bonchev–Trinajstić information content (AvgIpc) is 3.23. The summed E-state index contributed by atoms with van der Waals surface area (Å²) in [5.74, 6) is -0.461. The third-order valence-electron chi connectivity index (χ3n) is 3.89. The fourth-order valence-electron chi connectivity index (χ4n) is 2.65. The van der Waals surface area contributed by atoms with Crippen molar-refractivity contribution in [2.45, 2.75) is 12.8 Å². The number of benzene rings is 1. The van der Waals surface area contributed by atoms with Crippen molar-refractivity contribution >= 4 is 28.3 Å². The highest BCUT2D eigenvalue weighted by Gasteiger charge is 2.22. The summed E-state index contributed by atoms with van der Waals surface area (Å²) in [5, 5.41) is 12.9. The van der Waals surface area contributed by atoms with E-state index in [1.54, 1.807) is 6.07 Å². The number of hydrogen-bond acceptors (Lipinski definition) is 5. The standard InChI is InChI=1S/C17H15N5O2S/c23-15(13-9-12(21-22-13)10-5-2-1-3-6-10)20-17-19-11-7-4-8-18-16(24)14(11)25-17/h1-3,5-6,9H,4,7-8H2,(H,18,24)(H,21,22)(H,19,20,23). The Balaban J connectivity index is 1.52. The van der Waals surface area contributed by atoms with E-state index in [9.17, 15) is 9.59 Å². The monoisotopic (exact) mass is 353 g/mol. The van der Waals surface area contributed by atoms with Crippen molar-refractivity contribution in [2.75, 3.05) is 11.9 Å². The van der Waals surface area contributed by atoms with Crippen LogP contribution in [0.1, 0.15) is 32.3 Å². The summed E-state index contributed by atoms with van der Waals surface area (Å²) >= 11 is 1.19. The average molecular weight is 353 g/mol. The first-order valence-electron chi connectivity index (χ1n) is 7.91. The maximum Gasteiger partial charge on any atom is 0.275 e. The van der Waals surface area contributed by atoms with Gasteiger partial charge < -0.3 is 5.32 Å². The maximum atomic E-state index is 12.4. The Bertz CT molecular complexity index is 932. The highest BCUT2D eigenvalue weighted by atomic mass is 32.1. The first-order valence-corrected chi connectivity index (χ1v) is 8.72. The number of thiazole rings is 1. The number of aryl methyl sites for hydroxylation is 1. The van der Waals surface area contributed by atoms with Crippen molar-refractivity contribution in [3.8, 4) is 11.3 Å². The lowest BCUT2D eigenvalue weighted by molar-refractivity contribution is 0.0958. The lowest BCUT2D eigenvalue weighted by Gasteiger charge is -1.99. The second-order valence-electron chi connectivity index (χ2n) is 5.64. The van der Waals surface area contributed by atoms with Crippen LogP contribution in [0.5, 0.6) is 0 Å². The number of H-pyrrole nitrogens is 1. The van der Waals surface area contributed by atoms with Crippen LogP contribution in [-0.2, 0) is 6.42 Å². The molecule has 3 aromatic rings. The molecule has 0 atom stereocenters. The minimum atomic E-state index is -0.334. The highest BCUT2D eigenvalue weighted by Crippen LogP contribution is 2.26. The zero-order valence-corrected chi connectivity index (χ0v) is 14.0. The minimum Gasteiger partial charge on any atom is -0.351 e. The Morgan fingerprint density at radius 2 is 2.08 bits per heavy atom. The summed E-state index contributed by atoms with van der Waals surface area (Å²) in [6.45, 7) is 0.653. The van der Waals surface area contributed by atoms with Crippen LogP contribution in [0.15, 0.2) is 36.4 Å². The van der Waals surface area contributed by atoms with Gasteiger partial charge in [0.1, 0.15) is 10.6 Å². The van der Waals surface area contributed by atoms with Gasteiger partial charge in [-0.15, -0.1) is 0 Å². The van der Waals surface area contributed by atoms with Gasteiger partial charge >= 0.3 is 0 Å². The largest absolute Gasteiger partial charge is 0.351 e. The molecule has 8 heteroatoms. The SMILES string of the molecule is O=C(Nc1nc2c(s1)C(=O)NCCC2)c1cc(-c2ccccc2)n[nH]1. The van der Waals surface area contributed by atoms with Gasteiger partial charge in [0.2, 0.25) is 0 Å².